The molecule has 0 saturated heterocycles. The molecule has 0 unspecified atom stereocenters. The first-order chi connectivity index (χ1) is 10.4. The summed E-state index contributed by atoms with van der Waals surface area (Å²) < 4.78 is 0. The topological polar surface area (TPSA) is 115 Å². The molecule has 1 saturated carbocycles. The van der Waals surface area contributed by atoms with Gasteiger partial charge in [0.2, 0.25) is 11.8 Å². The Bertz CT molecular complexity index is 620. The molecule has 1 aliphatic rings. The van der Waals surface area contributed by atoms with Crippen molar-refractivity contribution in [2.45, 2.75) is 31.7 Å². The molecule has 8 heteroatoms. The molecule has 22 heavy (non-hydrogen) atoms. The van der Waals surface area contributed by atoms with Crippen LogP contribution in [0.2, 0.25) is 5.02 Å². The van der Waals surface area contributed by atoms with Crippen LogP contribution in [-0.4, -0.2) is 22.8 Å². The summed E-state index contributed by atoms with van der Waals surface area (Å²) in [5.41, 5.74) is 5.68. The number of primary amides is 1. The van der Waals surface area contributed by atoms with E-state index in [1.165, 1.54) is 18.2 Å². The average Bonchev–Trinajstić information content (AvgIpc) is 2.89. The Kier molecular flexibility index (Phi) is 4.97. The average molecular weight is 326 g/mol. The fourth-order valence-electron chi connectivity index (χ4n) is 2.70. The van der Waals surface area contributed by atoms with Crippen molar-refractivity contribution in [2.24, 2.45) is 11.7 Å². The van der Waals surface area contributed by atoms with Gasteiger partial charge in [-0.05, 0) is 18.4 Å². The number of nitrogens with two attached hydrogens (primary N) is 1. The van der Waals surface area contributed by atoms with Crippen LogP contribution >= 0.6 is 11.6 Å². The standard InChI is InChI=1S/C14H16ClN3O4/c15-11-7-9(18(21)22)5-4-8(11)6-13(19)17-12-3-1-2-10(12)14(16)20/h4-5,7,10,12H,1-3,6H2,(H2,16,20)(H,17,19)/t10-,12-/m0/s1. The monoisotopic (exact) mass is 325 g/mol. The second kappa shape index (κ2) is 6.74. The molecule has 1 aromatic rings. The number of hydrogen-bond acceptors (Lipinski definition) is 4. The Morgan fingerprint density at radius 1 is 1.41 bits per heavy atom. The van der Waals surface area contributed by atoms with Crippen molar-refractivity contribution < 1.29 is 14.5 Å². The molecule has 2 atom stereocenters. The maximum atomic E-state index is 12.1. The quantitative estimate of drug-likeness (QED) is 0.631. The number of carbonyl (C=O) groups is 2. The molecule has 118 valence electrons. The van der Waals surface area contributed by atoms with Crippen molar-refractivity contribution in [1.82, 2.24) is 5.32 Å². The summed E-state index contributed by atoms with van der Waals surface area (Å²) in [6.45, 7) is 0. The maximum Gasteiger partial charge on any atom is 0.270 e. The summed E-state index contributed by atoms with van der Waals surface area (Å²) in [5, 5.41) is 13.6. The number of nitrogens with zero attached hydrogens (tertiary/aromatic N) is 1. The van der Waals surface area contributed by atoms with Crippen LogP contribution in [0.5, 0.6) is 0 Å². The highest BCUT2D eigenvalue weighted by Crippen LogP contribution is 2.26. The largest absolute Gasteiger partial charge is 0.369 e. The van der Waals surface area contributed by atoms with Gasteiger partial charge in [-0.3, -0.25) is 19.7 Å². The highest BCUT2D eigenvalue weighted by molar-refractivity contribution is 6.31. The van der Waals surface area contributed by atoms with Gasteiger partial charge in [-0.1, -0.05) is 24.1 Å². The third-order valence-corrected chi connectivity index (χ3v) is 4.18. The van der Waals surface area contributed by atoms with Gasteiger partial charge in [0.15, 0.2) is 0 Å². The Morgan fingerprint density at radius 3 is 2.73 bits per heavy atom. The second-order valence-corrected chi connectivity index (χ2v) is 5.73. The summed E-state index contributed by atoms with van der Waals surface area (Å²) >= 11 is 5.95. The Balaban J connectivity index is 2.00. The molecular formula is C14H16ClN3O4. The minimum atomic E-state index is -0.550. The van der Waals surface area contributed by atoms with Gasteiger partial charge in [0, 0.05) is 18.2 Å². The number of nitro groups is 1. The predicted molar refractivity (Wildman–Crippen MR) is 80.3 cm³/mol. The summed E-state index contributed by atoms with van der Waals surface area (Å²) in [5.74, 6) is -1.03. The van der Waals surface area contributed by atoms with Gasteiger partial charge in [-0.25, -0.2) is 0 Å². The molecule has 0 radical (unpaired) electrons. The molecule has 0 aromatic heterocycles. The van der Waals surface area contributed by atoms with Crippen LogP contribution < -0.4 is 11.1 Å². The Morgan fingerprint density at radius 2 is 2.14 bits per heavy atom. The number of nitro benzene ring substituents is 1. The lowest BCUT2D eigenvalue weighted by atomic mass is 10.0. The zero-order chi connectivity index (χ0) is 16.3. The van der Waals surface area contributed by atoms with Crippen LogP contribution in [0, 0.1) is 16.0 Å². The van der Waals surface area contributed by atoms with Crippen LogP contribution in [0.3, 0.4) is 0 Å². The van der Waals surface area contributed by atoms with Crippen molar-refractivity contribution in [1.29, 1.82) is 0 Å². The molecular weight excluding hydrogens is 310 g/mol. The first-order valence-corrected chi connectivity index (χ1v) is 7.27. The molecule has 0 spiro atoms. The smallest absolute Gasteiger partial charge is 0.270 e. The van der Waals surface area contributed by atoms with E-state index in [1.54, 1.807) is 0 Å². The minimum absolute atomic E-state index is 0.00118. The normalized spacial score (nSPS) is 20.6. The molecule has 2 amide bonds. The highest BCUT2D eigenvalue weighted by Gasteiger charge is 2.32. The SMILES string of the molecule is NC(=O)[C@H]1CCC[C@@H]1NC(=O)Cc1ccc([N+](=O)[O-])cc1Cl. The lowest BCUT2D eigenvalue weighted by Crippen LogP contribution is -2.42. The molecule has 1 fully saturated rings. The van der Waals surface area contributed by atoms with Crippen molar-refractivity contribution in [3.05, 3.63) is 38.9 Å². The van der Waals surface area contributed by atoms with Crippen LogP contribution in [0.25, 0.3) is 0 Å². The van der Waals surface area contributed by atoms with Crippen LogP contribution in [0.1, 0.15) is 24.8 Å². The first kappa shape index (κ1) is 16.2. The number of halogens is 1. The van der Waals surface area contributed by atoms with Gasteiger partial charge >= 0.3 is 0 Å². The van der Waals surface area contributed by atoms with Crippen molar-refractivity contribution in [3.63, 3.8) is 0 Å². The number of benzene rings is 1. The number of hydrogen-bond donors (Lipinski definition) is 2. The number of nitrogens with one attached hydrogen (secondary N) is 1. The van der Waals surface area contributed by atoms with Gasteiger partial charge < -0.3 is 11.1 Å². The summed E-state index contributed by atoms with van der Waals surface area (Å²) in [4.78, 5) is 33.4. The molecule has 3 N–H and O–H groups in total. The third-order valence-electron chi connectivity index (χ3n) is 3.83. The molecule has 1 aromatic carbocycles. The zero-order valence-electron chi connectivity index (χ0n) is 11.8. The Hall–Kier alpha value is -2.15. The zero-order valence-corrected chi connectivity index (χ0v) is 12.5. The molecule has 1 aliphatic carbocycles. The van der Waals surface area contributed by atoms with E-state index >= 15 is 0 Å². The maximum absolute atomic E-state index is 12.1. The van der Waals surface area contributed by atoms with E-state index in [0.717, 1.165) is 6.42 Å². The van der Waals surface area contributed by atoms with Gasteiger partial charge in [-0.15, -0.1) is 0 Å². The van der Waals surface area contributed by atoms with Crippen molar-refractivity contribution >= 4 is 29.1 Å². The van der Waals surface area contributed by atoms with E-state index in [2.05, 4.69) is 5.32 Å². The highest BCUT2D eigenvalue weighted by atomic mass is 35.5. The van der Waals surface area contributed by atoms with E-state index in [-0.39, 0.29) is 35.0 Å². The number of non-ortho nitro benzene ring substituents is 1. The minimum Gasteiger partial charge on any atom is -0.369 e. The molecule has 0 bridgehead atoms. The number of amides is 2. The van der Waals surface area contributed by atoms with E-state index in [1.807, 2.05) is 0 Å². The van der Waals surface area contributed by atoms with Crippen LogP contribution in [0.4, 0.5) is 5.69 Å². The number of carbonyl (C=O) groups excluding carboxylic acids is 2. The van der Waals surface area contributed by atoms with E-state index in [0.29, 0.717) is 18.4 Å². The fourth-order valence-corrected chi connectivity index (χ4v) is 2.94. The molecule has 2 rings (SSSR count). The van der Waals surface area contributed by atoms with Crippen LogP contribution in [0.15, 0.2) is 18.2 Å². The lowest BCUT2D eigenvalue weighted by molar-refractivity contribution is -0.384. The van der Waals surface area contributed by atoms with Crippen molar-refractivity contribution in [2.75, 3.05) is 0 Å². The number of rotatable bonds is 5. The molecule has 0 aliphatic heterocycles. The van der Waals surface area contributed by atoms with Gasteiger partial charge in [0.25, 0.3) is 5.69 Å². The summed E-state index contributed by atoms with van der Waals surface area (Å²) in [6.07, 6.45) is 2.24. The molecule has 7 nitrogen and oxygen atoms in total. The van der Waals surface area contributed by atoms with Crippen LogP contribution in [-0.2, 0) is 16.0 Å². The first-order valence-electron chi connectivity index (χ1n) is 6.90. The summed E-state index contributed by atoms with van der Waals surface area (Å²) in [7, 11) is 0. The lowest BCUT2D eigenvalue weighted by Gasteiger charge is -2.18. The van der Waals surface area contributed by atoms with Gasteiger partial charge in [0.1, 0.15) is 0 Å². The van der Waals surface area contributed by atoms with E-state index < -0.39 is 10.8 Å². The third kappa shape index (κ3) is 3.73. The second-order valence-electron chi connectivity index (χ2n) is 5.32. The van der Waals surface area contributed by atoms with E-state index in [9.17, 15) is 19.7 Å². The predicted octanol–water partition coefficient (Wildman–Crippen LogP) is 1.56. The Labute approximate surface area is 132 Å². The van der Waals surface area contributed by atoms with Gasteiger partial charge in [0.05, 0.1) is 22.3 Å². The fraction of sp³-hybridized carbons (Fsp3) is 0.429. The van der Waals surface area contributed by atoms with Gasteiger partial charge in [-0.2, -0.15) is 0 Å². The van der Waals surface area contributed by atoms with Crippen molar-refractivity contribution in [3.8, 4) is 0 Å². The summed E-state index contributed by atoms with van der Waals surface area (Å²) in [6, 6.07) is 3.73. The van der Waals surface area contributed by atoms with E-state index in [4.69, 9.17) is 17.3 Å². The molecule has 0 heterocycles.